The van der Waals surface area contributed by atoms with E-state index >= 15 is 0 Å². The highest BCUT2D eigenvalue weighted by molar-refractivity contribution is 6.30. The fourth-order valence-corrected chi connectivity index (χ4v) is 3.82. The van der Waals surface area contributed by atoms with Gasteiger partial charge in [0.25, 0.3) is 5.91 Å². The number of anilines is 1. The number of hydrogen-bond acceptors (Lipinski definition) is 6. The van der Waals surface area contributed by atoms with Gasteiger partial charge in [-0.05, 0) is 61.0 Å². The number of hydrogen-bond donors (Lipinski definition) is 1. The zero-order chi connectivity index (χ0) is 24.9. The number of Topliss-reactive ketones (excluding diaryl/α,β-unsaturated/α-hetero) is 1. The van der Waals surface area contributed by atoms with Crippen molar-refractivity contribution in [1.29, 1.82) is 0 Å². The van der Waals surface area contributed by atoms with Gasteiger partial charge >= 0.3 is 5.97 Å². The number of nitrogens with one attached hydrogen (secondary N) is 1. The van der Waals surface area contributed by atoms with E-state index in [0.717, 1.165) is 16.0 Å². The van der Waals surface area contributed by atoms with E-state index in [1.165, 1.54) is 24.3 Å². The number of halogens is 1. The predicted molar refractivity (Wildman–Crippen MR) is 131 cm³/mol. The maximum absolute atomic E-state index is 12.8. The van der Waals surface area contributed by atoms with Crippen LogP contribution in [0.15, 0.2) is 72.8 Å². The monoisotopic (exact) mass is 490 g/mol. The van der Waals surface area contributed by atoms with Crippen molar-refractivity contribution < 1.29 is 23.9 Å². The van der Waals surface area contributed by atoms with Crippen molar-refractivity contribution in [1.82, 2.24) is 5.32 Å². The van der Waals surface area contributed by atoms with Crippen LogP contribution in [0.5, 0.6) is 0 Å². The molecule has 7 nitrogen and oxygen atoms in total. The summed E-state index contributed by atoms with van der Waals surface area (Å²) < 4.78 is 5.10. The molecular weight excluding hydrogens is 468 g/mol. The number of amides is 2. The van der Waals surface area contributed by atoms with E-state index in [0.29, 0.717) is 22.8 Å². The van der Waals surface area contributed by atoms with Crippen molar-refractivity contribution in [3.63, 3.8) is 0 Å². The van der Waals surface area contributed by atoms with E-state index in [1.54, 1.807) is 24.3 Å². The van der Waals surface area contributed by atoms with Crippen molar-refractivity contribution in [3.8, 4) is 0 Å². The van der Waals surface area contributed by atoms with Gasteiger partial charge in [0.05, 0.1) is 23.7 Å². The summed E-state index contributed by atoms with van der Waals surface area (Å²) >= 11 is 5.81. The minimum atomic E-state index is -0.685. The van der Waals surface area contributed by atoms with Gasteiger partial charge in [0.1, 0.15) is 0 Å². The Hall–Kier alpha value is -3.81. The van der Waals surface area contributed by atoms with Crippen molar-refractivity contribution in [2.75, 3.05) is 11.5 Å². The summed E-state index contributed by atoms with van der Waals surface area (Å²) in [6, 6.07) is 19.5. The zero-order valence-corrected chi connectivity index (χ0v) is 19.7. The summed E-state index contributed by atoms with van der Waals surface area (Å²) in [5, 5.41) is 3.65. The molecule has 0 aliphatic carbocycles. The van der Waals surface area contributed by atoms with Gasteiger partial charge in [-0.25, -0.2) is 9.69 Å². The van der Waals surface area contributed by atoms with Crippen LogP contribution < -0.4 is 10.2 Å². The highest BCUT2D eigenvalue weighted by Crippen LogP contribution is 2.24. The molecule has 0 aromatic heterocycles. The Labute approximate surface area is 207 Å². The molecule has 0 radical (unpaired) electrons. The highest BCUT2D eigenvalue weighted by atomic mass is 35.5. The summed E-state index contributed by atoms with van der Waals surface area (Å²) in [6.45, 7) is 2.05. The highest BCUT2D eigenvalue weighted by Gasteiger charge is 2.39. The van der Waals surface area contributed by atoms with Crippen molar-refractivity contribution in [2.45, 2.75) is 25.9 Å². The Morgan fingerprint density at radius 3 is 2.23 bits per heavy atom. The molecule has 8 heteroatoms. The van der Waals surface area contributed by atoms with Crippen LogP contribution in [0.3, 0.4) is 0 Å². The van der Waals surface area contributed by atoms with Gasteiger partial charge in [0.15, 0.2) is 12.4 Å². The Morgan fingerprint density at radius 2 is 1.57 bits per heavy atom. The van der Waals surface area contributed by atoms with E-state index in [1.807, 2.05) is 31.2 Å². The third-order valence-corrected chi connectivity index (χ3v) is 5.93. The van der Waals surface area contributed by atoms with Crippen LogP contribution in [0.25, 0.3) is 0 Å². The lowest BCUT2D eigenvalue weighted by Gasteiger charge is -2.16. The lowest BCUT2D eigenvalue weighted by molar-refractivity contribution is -0.121. The largest absolute Gasteiger partial charge is 0.454 e. The van der Waals surface area contributed by atoms with Crippen LogP contribution in [-0.2, 0) is 20.9 Å². The Morgan fingerprint density at radius 1 is 0.943 bits per heavy atom. The molecule has 1 fully saturated rings. The molecular formula is C27H23ClN2O5. The van der Waals surface area contributed by atoms with Gasteiger partial charge < -0.3 is 10.1 Å². The van der Waals surface area contributed by atoms with Gasteiger partial charge in [0, 0.05) is 17.1 Å². The van der Waals surface area contributed by atoms with Crippen LogP contribution in [0.1, 0.15) is 38.3 Å². The molecule has 1 aliphatic rings. The van der Waals surface area contributed by atoms with Crippen LogP contribution >= 0.6 is 11.6 Å². The molecule has 0 spiro atoms. The SMILES string of the molecule is Cc1ccc(CNC2CC(=O)N(c3ccc(C(=O)OCC(=O)c4ccc(Cl)cc4)cc3)C2=O)cc1. The summed E-state index contributed by atoms with van der Waals surface area (Å²) in [5.74, 6) is -1.70. The standard InChI is InChI=1S/C27H23ClN2O5/c1-17-2-4-18(5-3-17)15-29-23-14-25(32)30(26(23)33)22-12-8-20(9-13-22)27(34)35-16-24(31)19-6-10-21(28)11-7-19/h2-13,23,29H,14-16H2,1H3. The molecule has 3 aromatic carbocycles. The third kappa shape index (κ3) is 5.82. The van der Waals surface area contributed by atoms with Crippen molar-refractivity contribution >= 4 is 40.9 Å². The molecule has 1 unspecified atom stereocenters. The second kappa shape index (κ2) is 10.6. The number of carbonyl (C=O) groups is 4. The number of rotatable bonds is 8. The van der Waals surface area contributed by atoms with E-state index in [2.05, 4.69) is 5.32 Å². The van der Waals surface area contributed by atoms with Gasteiger partial charge in [-0.15, -0.1) is 0 Å². The average molecular weight is 491 g/mol. The minimum absolute atomic E-state index is 0.0568. The Balaban J connectivity index is 1.34. The van der Waals surface area contributed by atoms with Crippen LogP contribution in [0, 0.1) is 6.92 Å². The molecule has 1 heterocycles. The van der Waals surface area contributed by atoms with Gasteiger partial charge in [0.2, 0.25) is 5.91 Å². The van der Waals surface area contributed by atoms with E-state index in [9.17, 15) is 19.2 Å². The summed E-state index contributed by atoms with van der Waals surface area (Å²) in [5.41, 5.74) is 3.12. The van der Waals surface area contributed by atoms with Crippen LogP contribution in [0.2, 0.25) is 5.02 Å². The van der Waals surface area contributed by atoms with Gasteiger partial charge in [-0.3, -0.25) is 14.4 Å². The maximum Gasteiger partial charge on any atom is 0.338 e. The molecule has 0 bridgehead atoms. The molecule has 35 heavy (non-hydrogen) atoms. The number of ketones is 1. The van der Waals surface area contributed by atoms with Crippen molar-refractivity contribution in [3.05, 3.63) is 100 Å². The van der Waals surface area contributed by atoms with Crippen LogP contribution in [-0.4, -0.2) is 36.2 Å². The third-order valence-electron chi connectivity index (χ3n) is 5.68. The zero-order valence-electron chi connectivity index (χ0n) is 19.0. The molecule has 1 saturated heterocycles. The predicted octanol–water partition coefficient (Wildman–Crippen LogP) is 4.11. The smallest absolute Gasteiger partial charge is 0.338 e. The first-order valence-corrected chi connectivity index (χ1v) is 11.4. The van der Waals surface area contributed by atoms with Gasteiger partial charge in [-0.1, -0.05) is 41.4 Å². The number of aryl methyl sites for hydroxylation is 1. The number of nitrogens with zero attached hydrogens (tertiary/aromatic N) is 1. The Bertz CT molecular complexity index is 1250. The molecule has 178 valence electrons. The van der Waals surface area contributed by atoms with Gasteiger partial charge in [-0.2, -0.15) is 0 Å². The van der Waals surface area contributed by atoms with Crippen molar-refractivity contribution in [2.24, 2.45) is 0 Å². The number of imide groups is 1. The molecule has 1 N–H and O–H groups in total. The van der Waals surface area contributed by atoms with E-state index in [-0.39, 0.29) is 29.6 Å². The summed E-state index contributed by atoms with van der Waals surface area (Å²) in [6.07, 6.45) is 0.0568. The molecule has 2 amide bonds. The first-order valence-electron chi connectivity index (χ1n) is 11.0. The maximum atomic E-state index is 12.8. The second-order valence-electron chi connectivity index (χ2n) is 8.24. The molecule has 1 aliphatic heterocycles. The summed E-state index contributed by atoms with van der Waals surface area (Å²) in [7, 11) is 0. The molecule has 3 aromatic rings. The number of benzene rings is 3. The van der Waals surface area contributed by atoms with Crippen LogP contribution in [0.4, 0.5) is 5.69 Å². The number of esters is 1. The topological polar surface area (TPSA) is 92.8 Å². The normalized spacial score (nSPS) is 15.4. The molecule has 0 saturated carbocycles. The molecule has 1 atom stereocenters. The lowest BCUT2D eigenvalue weighted by atomic mass is 10.1. The lowest BCUT2D eigenvalue weighted by Crippen LogP contribution is -2.38. The number of ether oxygens (including phenoxy) is 1. The Kier molecular flexibility index (Phi) is 7.39. The quantitative estimate of drug-likeness (QED) is 0.290. The minimum Gasteiger partial charge on any atom is -0.454 e. The second-order valence-corrected chi connectivity index (χ2v) is 8.68. The number of carbonyl (C=O) groups excluding carboxylic acids is 4. The van der Waals surface area contributed by atoms with E-state index < -0.39 is 18.6 Å². The first kappa shape index (κ1) is 24.3. The average Bonchev–Trinajstić information content (AvgIpc) is 3.15. The summed E-state index contributed by atoms with van der Waals surface area (Å²) in [4.78, 5) is 51.0. The molecule has 4 rings (SSSR count). The first-order chi connectivity index (χ1) is 16.8. The van der Waals surface area contributed by atoms with E-state index in [4.69, 9.17) is 16.3 Å². The fraction of sp³-hybridized carbons (Fsp3) is 0.185. The fourth-order valence-electron chi connectivity index (χ4n) is 3.69.